The van der Waals surface area contributed by atoms with E-state index in [4.69, 9.17) is 5.73 Å². The number of alkyl halides is 1. The van der Waals surface area contributed by atoms with Crippen LogP contribution in [0.15, 0.2) is 12.1 Å². The predicted molar refractivity (Wildman–Crippen MR) is 62.9 cm³/mol. The summed E-state index contributed by atoms with van der Waals surface area (Å²) in [7, 11) is 1.97. The number of aryl methyl sites for hydroxylation is 1. The Bertz CT molecular complexity index is 444. The summed E-state index contributed by atoms with van der Waals surface area (Å²) < 4.78 is 14.9. The molecule has 3 rings (SSSR count). The second kappa shape index (κ2) is 3.20. The molecule has 0 spiro atoms. The average Bonchev–Trinajstić information content (AvgIpc) is 2.14. The predicted octanol–water partition coefficient (Wildman–Crippen LogP) is 2.22. The molecule has 86 valence electrons. The highest BCUT2D eigenvalue weighted by atomic mass is 19.1. The minimum absolute atomic E-state index is 0.525. The van der Waals surface area contributed by atoms with E-state index in [9.17, 15) is 4.39 Å². The van der Waals surface area contributed by atoms with Crippen molar-refractivity contribution in [2.75, 3.05) is 19.3 Å². The number of rotatable bonds is 0. The van der Waals surface area contributed by atoms with E-state index in [0.717, 1.165) is 41.8 Å². The fourth-order valence-corrected chi connectivity index (χ4v) is 3.31. The van der Waals surface area contributed by atoms with Crippen LogP contribution in [0.25, 0.3) is 0 Å². The lowest BCUT2D eigenvalue weighted by Gasteiger charge is -2.41. The van der Waals surface area contributed by atoms with Gasteiger partial charge in [0.1, 0.15) is 5.67 Å². The normalized spacial score (nSPS) is 28.9. The van der Waals surface area contributed by atoms with Crippen molar-refractivity contribution in [2.45, 2.75) is 31.5 Å². The van der Waals surface area contributed by atoms with Gasteiger partial charge in [0.25, 0.3) is 0 Å². The molecule has 1 aromatic rings. The number of nitrogen functional groups attached to an aromatic ring is 1. The van der Waals surface area contributed by atoms with Gasteiger partial charge in [-0.15, -0.1) is 0 Å². The van der Waals surface area contributed by atoms with Gasteiger partial charge in [-0.3, -0.25) is 4.90 Å². The second-order valence-corrected chi connectivity index (χ2v) is 5.21. The molecule has 3 heteroatoms. The third-order valence-corrected chi connectivity index (χ3v) is 3.75. The molecule has 0 aromatic heterocycles. The Hall–Kier alpha value is -1.09. The first-order valence-electron chi connectivity index (χ1n) is 5.88. The molecular weight excluding hydrogens is 203 g/mol. The van der Waals surface area contributed by atoms with Crippen molar-refractivity contribution in [1.29, 1.82) is 0 Å². The second-order valence-electron chi connectivity index (χ2n) is 5.21. The van der Waals surface area contributed by atoms with Gasteiger partial charge in [0.15, 0.2) is 0 Å². The average molecular weight is 220 g/mol. The maximum atomic E-state index is 14.9. The molecule has 1 unspecified atom stereocenters. The lowest BCUT2D eigenvalue weighted by molar-refractivity contribution is 0.0642. The van der Waals surface area contributed by atoms with Crippen LogP contribution < -0.4 is 5.73 Å². The monoisotopic (exact) mass is 220 g/mol. The summed E-state index contributed by atoms with van der Waals surface area (Å²) in [6.45, 7) is 1.34. The zero-order valence-electron chi connectivity index (χ0n) is 9.59. The van der Waals surface area contributed by atoms with Gasteiger partial charge in [-0.2, -0.15) is 0 Å². The summed E-state index contributed by atoms with van der Waals surface area (Å²) in [5.74, 6) is 0. The zero-order valence-corrected chi connectivity index (χ0v) is 9.59. The Balaban J connectivity index is 2.23. The topological polar surface area (TPSA) is 29.3 Å². The number of hydrogen-bond acceptors (Lipinski definition) is 2. The number of halogens is 1. The molecule has 0 fully saturated rings. The molecule has 0 saturated carbocycles. The SMILES string of the molecule is CN1Cc2cc(N)cc3c2C(F)(CCC3)C1. The van der Waals surface area contributed by atoms with E-state index in [1.54, 1.807) is 0 Å². The molecular formula is C13H17FN2. The number of nitrogens with two attached hydrogens (primary N) is 1. The molecule has 16 heavy (non-hydrogen) atoms. The van der Waals surface area contributed by atoms with Crippen LogP contribution in [-0.2, 0) is 18.6 Å². The van der Waals surface area contributed by atoms with Crippen molar-refractivity contribution in [2.24, 2.45) is 0 Å². The summed E-state index contributed by atoms with van der Waals surface area (Å²) in [5.41, 5.74) is 8.69. The minimum atomic E-state index is -1.14. The zero-order chi connectivity index (χ0) is 11.3. The van der Waals surface area contributed by atoms with Gasteiger partial charge in [0.05, 0.1) is 0 Å². The Morgan fingerprint density at radius 3 is 2.94 bits per heavy atom. The van der Waals surface area contributed by atoms with E-state index in [0.29, 0.717) is 13.0 Å². The lowest BCUT2D eigenvalue weighted by Crippen LogP contribution is -2.43. The Labute approximate surface area is 95.2 Å². The molecule has 1 aliphatic heterocycles. The van der Waals surface area contributed by atoms with Crippen LogP contribution in [0.1, 0.15) is 29.5 Å². The standard InChI is InChI=1S/C13H17FN2/c1-16-7-10-6-11(15)5-9-3-2-4-13(14,8-16)12(9)10/h5-6H,2-4,7-8,15H2,1H3. The quantitative estimate of drug-likeness (QED) is 0.679. The number of anilines is 1. The first-order valence-corrected chi connectivity index (χ1v) is 5.88. The lowest BCUT2D eigenvalue weighted by atomic mass is 9.75. The smallest absolute Gasteiger partial charge is 0.149 e. The van der Waals surface area contributed by atoms with Gasteiger partial charge >= 0.3 is 0 Å². The fraction of sp³-hybridized carbons (Fsp3) is 0.538. The molecule has 1 aliphatic carbocycles. The van der Waals surface area contributed by atoms with Crippen molar-refractivity contribution in [3.05, 3.63) is 28.8 Å². The van der Waals surface area contributed by atoms with E-state index in [1.165, 1.54) is 0 Å². The van der Waals surface area contributed by atoms with Crippen LogP contribution in [0.2, 0.25) is 0 Å². The van der Waals surface area contributed by atoms with E-state index in [1.807, 2.05) is 19.2 Å². The van der Waals surface area contributed by atoms with Crippen molar-refractivity contribution in [3.63, 3.8) is 0 Å². The first kappa shape index (κ1) is 10.1. The molecule has 1 aromatic carbocycles. The van der Waals surface area contributed by atoms with Gasteiger partial charge in [0, 0.05) is 18.8 Å². The highest BCUT2D eigenvalue weighted by molar-refractivity contribution is 5.53. The maximum Gasteiger partial charge on any atom is 0.149 e. The molecule has 2 nitrogen and oxygen atoms in total. The highest BCUT2D eigenvalue weighted by Crippen LogP contribution is 2.44. The fourth-order valence-electron chi connectivity index (χ4n) is 3.31. The molecule has 0 radical (unpaired) electrons. The summed E-state index contributed by atoms with van der Waals surface area (Å²) in [6, 6.07) is 3.89. The molecule has 0 bridgehead atoms. The van der Waals surface area contributed by atoms with Gasteiger partial charge < -0.3 is 5.73 Å². The van der Waals surface area contributed by atoms with E-state index >= 15 is 0 Å². The maximum absolute atomic E-state index is 14.9. The molecule has 2 N–H and O–H groups in total. The van der Waals surface area contributed by atoms with Gasteiger partial charge in [-0.25, -0.2) is 4.39 Å². The summed E-state index contributed by atoms with van der Waals surface area (Å²) in [6.07, 6.45) is 2.56. The number of likely N-dealkylation sites (N-methyl/N-ethyl adjacent to an activating group) is 1. The van der Waals surface area contributed by atoms with Crippen LogP contribution in [0, 0.1) is 0 Å². The Morgan fingerprint density at radius 2 is 2.12 bits per heavy atom. The first-order chi connectivity index (χ1) is 7.58. The minimum Gasteiger partial charge on any atom is -0.399 e. The summed E-state index contributed by atoms with van der Waals surface area (Å²) >= 11 is 0. The van der Waals surface area contributed by atoms with Crippen LogP contribution in [0.3, 0.4) is 0 Å². The van der Waals surface area contributed by atoms with Crippen molar-refractivity contribution < 1.29 is 4.39 Å². The van der Waals surface area contributed by atoms with Crippen LogP contribution in [0.5, 0.6) is 0 Å². The van der Waals surface area contributed by atoms with Crippen molar-refractivity contribution in [1.82, 2.24) is 4.90 Å². The van der Waals surface area contributed by atoms with E-state index in [2.05, 4.69) is 4.90 Å². The molecule has 2 aliphatic rings. The van der Waals surface area contributed by atoms with E-state index < -0.39 is 5.67 Å². The van der Waals surface area contributed by atoms with Gasteiger partial charge in [-0.05, 0) is 55.1 Å². The largest absolute Gasteiger partial charge is 0.399 e. The summed E-state index contributed by atoms with van der Waals surface area (Å²) in [5, 5.41) is 0. The van der Waals surface area contributed by atoms with Gasteiger partial charge in [-0.1, -0.05) is 0 Å². The number of nitrogens with zero attached hydrogens (tertiary/aromatic N) is 1. The molecule has 0 saturated heterocycles. The molecule has 1 heterocycles. The third-order valence-electron chi connectivity index (χ3n) is 3.75. The highest BCUT2D eigenvalue weighted by Gasteiger charge is 2.42. The van der Waals surface area contributed by atoms with E-state index in [-0.39, 0.29) is 0 Å². The summed E-state index contributed by atoms with van der Waals surface area (Å²) in [4.78, 5) is 2.05. The van der Waals surface area contributed by atoms with Crippen LogP contribution in [-0.4, -0.2) is 18.5 Å². The molecule has 1 atom stereocenters. The van der Waals surface area contributed by atoms with Crippen LogP contribution in [0.4, 0.5) is 10.1 Å². The van der Waals surface area contributed by atoms with Gasteiger partial charge in [0.2, 0.25) is 0 Å². The van der Waals surface area contributed by atoms with Crippen molar-refractivity contribution in [3.8, 4) is 0 Å². The third kappa shape index (κ3) is 1.34. The number of benzene rings is 1. The Morgan fingerprint density at radius 1 is 1.38 bits per heavy atom. The number of hydrogen-bond donors (Lipinski definition) is 1. The van der Waals surface area contributed by atoms with Crippen LogP contribution >= 0.6 is 0 Å². The Kier molecular flexibility index (Phi) is 2.02. The molecule has 0 amide bonds. The van der Waals surface area contributed by atoms with Crippen molar-refractivity contribution >= 4 is 5.69 Å².